The van der Waals surface area contributed by atoms with Crippen molar-refractivity contribution < 1.29 is 15.3 Å². The lowest BCUT2D eigenvalue weighted by Crippen LogP contribution is -2.48. The summed E-state index contributed by atoms with van der Waals surface area (Å²) in [5.41, 5.74) is 0. The molecule has 0 aromatic heterocycles. The Balaban J connectivity index is 2.81. The van der Waals surface area contributed by atoms with E-state index >= 15 is 0 Å². The SMILES string of the molecule is OC1(Br)CC(O)(Br)CC(O)(Br)C1. The Labute approximate surface area is 95.5 Å². The highest BCUT2D eigenvalue weighted by Gasteiger charge is 2.50. The lowest BCUT2D eigenvalue weighted by atomic mass is 9.92. The van der Waals surface area contributed by atoms with Gasteiger partial charge in [0.25, 0.3) is 0 Å². The van der Waals surface area contributed by atoms with Gasteiger partial charge < -0.3 is 15.3 Å². The van der Waals surface area contributed by atoms with E-state index in [1.807, 2.05) is 0 Å². The first-order chi connectivity index (χ1) is 5.12. The van der Waals surface area contributed by atoms with Gasteiger partial charge in [-0.2, -0.15) is 0 Å². The van der Waals surface area contributed by atoms with Crippen molar-refractivity contribution in [2.75, 3.05) is 0 Å². The number of hydrogen-bond donors (Lipinski definition) is 3. The van der Waals surface area contributed by atoms with Crippen LogP contribution in [0.2, 0.25) is 0 Å². The maximum absolute atomic E-state index is 9.58. The average molecular weight is 369 g/mol. The first-order valence-electron chi connectivity index (χ1n) is 3.36. The maximum atomic E-state index is 9.58. The number of alkyl halides is 3. The summed E-state index contributed by atoms with van der Waals surface area (Å²) in [5.74, 6) is 0. The van der Waals surface area contributed by atoms with Crippen molar-refractivity contribution in [3.05, 3.63) is 0 Å². The first kappa shape index (κ1) is 11.4. The molecule has 12 heavy (non-hydrogen) atoms. The van der Waals surface area contributed by atoms with Crippen LogP contribution in [0.3, 0.4) is 0 Å². The molecule has 0 amide bonds. The highest BCUT2D eigenvalue weighted by Crippen LogP contribution is 2.49. The third-order valence-electron chi connectivity index (χ3n) is 1.63. The molecule has 0 aromatic rings. The normalized spacial score (nSPS) is 55.5. The summed E-state index contributed by atoms with van der Waals surface area (Å²) in [6.45, 7) is 0. The molecule has 0 radical (unpaired) electrons. The third kappa shape index (κ3) is 3.23. The average Bonchev–Trinajstić information content (AvgIpc) is 1.44. The molecule has 72 valence electrons. The Bertz CT molecular complexity index is 145. The molecule has 0 saturated heterocycles. The second kappa shape index (κ2) is 3.17. The molecule has 0 aliphatic heterocycles. The van der Waals surface area contributed by atoms with E-state index in [1.165, 1.54) is 0 Å². The van der Waals surface area contributed by atoms with Gasteiger partial charge in [0.15, 0.2) is 0 Å². The summed E-state index contributed by atoms with van der Waals surface area (Å²) in [5, 5.41) is 28.7. The van der Waals surface area contributed by atoms with E-state index in [4.69, 9.17) is 0 Å². The van der Waals surface area contributed by atoms with Crippen molar-refractivity contribution in [2.45, 2.75) is 32.8 Å². The highest BCUT2D eigenvalue weighted by molar-refractivity contribution is 9.11. The minimum Gasteiger partial charge on any atom is -0.379 e. The molecule has 0 atom stereocenters. The van der Waals surface area contributed by atoms with Gasteiger partial charge in [-0.25, -0.2) is 0 Å². The van der Waals surface area contributed by atoms with Gasteiger partial charge >= 0.3 is 0 Å². The van der Waals surface area contributed by atoms with Gasteiger partial charge in [-0.15, -0.1) is 0 Å². The van der Waals surface area contributed by atoms with Gasteiger partial charge in [-0.05, 0) is 0 Å². The van der Waals surface area contributed by atoms with E-state index in [-0.39, 0.29) is 19.3 Å². The highest BCUT2D eigenvalue weighted by atomic mass is 79.9. The number of halogens is 3. The predicted molar refractivity (Wildman–Crippen MR) is 55.5 cm³/mol. The molecule has 0 unspecified atom stereocenters. The van der Waals surface area contributed by atoms with Crippen molar-refractivity contribution in [1.82, 2.24) is 0 Å². The second-order valence-electron chi connectivity index (χ2n) is 3.28. The van der Waals surface area contributed by atoms with Crippen molar-refractivity contribution in [3.63, 3.8) is 0 Å². The number of hydrogen-bond acceptors (Lipinski definition) is 3. The van der Waals surface area contributed by atoms with E-state index in [2.05, 4.69) is 47.8 Å². The van der Waals surface area contributed by atoms with Gasteiger partial charge in [-0.1, -0.05) is 47.8 Å². The zero-order valence-electron chi connectivity index (χ0n) is 6.10. The molecular weight excluding hydrogens is 360 g/mol. The Morgan fingerprint density at radius 2 is 0.833 bits per heavy atom. The number of aliphatic hydroxyl groups is 3. The summed E-state index contributed by atoms with van der Waals surface area (Å²) in [6, 6.07) is 0. The Hall–Kier alpha value is 1.32. The molecular formula is C6H9Br3O3. The summed E-state index contributed by atoms with van der Waals surface area (Å²) >= 11 is 9.06. The molecule has 3 nitrogen and oxygen atoms in total. The van der Waals surface area contributed by atoms with E-state index in [9.17, 15) is 15.3 Å². The predicted octanol–water partition coefficient (Wildman–Crippen LogP) is 1.42. The molecule has 1 fully saturated rings. The topological polar surface area (TPSA) is 60.7 Å². The fraction of sp³-hybridized carbons (Fsp3) is 1.00. The smallest absolute Gasteiger partial charge is 0.126 e. The quantitative estimate of drug-likeness (QED) is 0.567. The third-order valence-corrected chi connectivity index (χ3v) is 3.31. The van der Waals surface area contributed by atoms with Crippen molar-refractivity contribution in [3.8, 4) is 0 Å². The zero-order chi connectivity index (χ0) is 9.62. The molecule has 0 heterocycles. The molecule has 0 aromatic carbocycles. The lowest BCUT2D eigenvalue weighted by Gasteiger charge is -2.42. The van der Waals surface area contributed by atoms with Crippen LogP contribution >= 0.6 is 47.8 Å². The van der Waals surface area contributed by atoms with E-state index in [0.717, 1.165) is 0 Å². The minimum absolute atomic E-state index is 0.133. The lowest BCUT2D eigenvalue weighted by molar-refractivity contribution is -0.0623. The molecule has 0 spiro atoms. The molecule has 1 rings (SSSR count). The molecule has 1 aliphatic carbocycles. The van der Waals surface area contributed by atoms with Crippen molar-refractivity contribution in [1.29, 1.82) is 0 Å². The van der Waals surface area contributed by atoms with Crippen LogP contribution in [-0.2, 0) is 0 Å². The van der Waals surface area contributed by atoms with Crippen molar-refractivity contribution in [2.24, 2.45) is 0 Å². The van der Waals surface area contributed by atoms with Crippen LogP contribution in [0.5, 0.6) is 0 Å². The van der Waals surface area contributed by atoms with Gasteiger partial charge in [0.1, 0.15) is 13.5 Å². The monoisotopic (exact) mass is 366 g/mol. The second-order valence-corrected chi connectivity index (χ2v) is 7.71. The summed E-state index contributed by atoms with van der Waals surface area (Å²) in [4.78, 5) is 0. The van der Waals surface area contributed by atoms with Crippen LogP contribution in [0.25, 0.3) is 0 Å². The van der Waals surface area contributed by atoms with Gasteiger partial charge in [0, 0.05) is 19.3 Å². The summed E-state index contributed by atoms with van der Waals surface area (Å²) in [7, 11) is 0. The van der Waals surface area contributed by atoms with Crippen LogP contribution in [0, 0.1) is 0 Å². The minimum atomic E-state index is -1.23. The van der Waals surface area contributed by atoms with E-state index in [1.54, 1.807) is 0 Å². The summed E-state index contributed by atoms with van der Waals surface area (Å²) < 4.78 is -3.70. The van der Waals surface area contributed by atoms with Crippen molar-refractivity contribution >= 4 is 47.8 Å². The van der Waals surface area contributed by atoms with Crippen LogP contribution in [0.4, 0.5) is 0 Å². The fourth-order valence-electron chi connectivity index (χ4n) is 1.43. The van der Waals surface area contributed by atoms with Gasteiger partial charge in [0.05, 0.1) is 0 Å². The fourth-order valence-corrected chi connectivity index (χ4v) is 5.34. The molecule has 1 saturated carbocycles. The molecule has 3 N–H and O–H groups in total. The van der Waals surface area contributed by atoms with Crippen LogP contribution in [0.15, 0.2) is 0 Å². The van der Waals surface area contributed by atoms with Crippen LogP contribution < -0.4 is 0 Å². The Kier molecular flexibility index (Phi) is 3.01. The standard InChI is InChI=1S/C6H9Br3O3/c7-4(10)1-5(8,11)3-6(9,12)2-4/h10-12H,1-3H2. The number of rotatable bonds is 0. The molecule has 0 bridgehead atoms. The summed E-state index contributed by atoms with van der Waals surface area (Å²) in [6.07, 6.45) is 0.399. The molecule has 6 heteroatoms. The van der Waals surface area contributed by atoms with Gasteiger partial charge in [-0.3, -0.25) is 0 Å². The zero-order valence-corrected chi connectivity index (χ0v) is 10.9. The molecule has 1 aliphatic rings. The maximum Gasteiger partial charge on any atom is 0.126 e. The first-order valence-corrected chi connectivity index (χ1v) is 5.74. The van der Waals surface area contributed by atoms with E-state index in [0.29, 0.717) is 0 Å². The van der Waals surface area contributed by atoms with Crippen LogP contribution in [-0.4, -0.2) is 28.9 Å². The van der Waals surface area contributed by atoms with Gasteiger partial charge in [0.2, 0.25) is 0 Å². The Morgan fingerprint density at radius 3 is 1.00 bits per heavy atom. The van der Waals surface area contributed by atoms with Crippen LogP contribution in [0.1, 0.15) is 19.3 Å². The Morgan fingerprint density at radius 1 is 0.667 bits per heavy atom. The van der Waals surface area contributed by atoms with E-state index < -0.39 is 13.5 Å². The largest absolute Gasteiger partial charge is 0.379 e.